The van der Waals surface area contributed by atoms with Crippen LogP contribution in [0.2, 0.25) is 0 Å². The van der Waals surface area contributed by atoms with Crippen molar-refractivity contribution in [2.45, 2.75) is 26.2 Å². The van der Waals surface area contributed by atoms with E-state index in [0.29, 0.717) is 18.7 Å². The van der Waals surface area contributed by atoms with E-state index in [1.54, 1.807) is 30.0 Å². The molecule has 5 nitrogen and oxygen atoms in total. The van der Waals surface area contributed by atoms with Crippen LogP contribution in [0.4, 0.5) is 0 Å². The van der Waals surface area contributed by atoms with E-state index in [4.69, 9.17) is 4.42 Å². The monoisotopic (exact) mass is 356 g/mol. The van der Waals surface area contributed by atoms with Crippen molar-refractivity contribution in [3.63, 3.8) is 0 Å². The van der Waals surface area contributed by atoms with Gasteiger partial charge < -0.3 is 14.2 Å². The van der Waals surface area contributed by atoms with Gasteiger partial charge in [0.15, 0.2) is 0 Å². The molecule has 0 aliphatic rings. The summed E-state index contributed by atoms with van der Waals surface area (Å²) in [5.41, 5.74) is 1.56. The number of hydrogen-bond donors (Lipinski definition) is 0. The minimum absolute atomic E-state index is 0.0923. The highest BCUT2D eigenvalue weighted by atomic mass is 16.3. The molecular formula is C21H28N2O3. The number of likely N-dealkylation sites (N-methyl/N-ethyl adjacent to an activating group) is 2. The summed E-state index contributed by atoms with van der Waals surface area (Å²) in [5.74, 6) is 0.0644. The second-order valence-corrected chi connectivity index (χ2v) is 6.77. The fourth-order valence-electron chi connectivity index (χ4n) is 2.97. The van der Waals surface area contributed by atoms with Gasteiger partial charge in [-0.2, -0.15) is 0 Å². The first-order valence-electron chi connectivity index (χ1n) is 9.03. The Morgan fingerprint density at radius 3 is 2.27 bits per heavy atom. The highest BCUT2D eigenvalue weighted by molar-refractivity contribution is 5.93. The lowest BCUT2D eigenvalue weighted by atomic mass is 9.84. The van der Waals surface area contributed by atoms with Crippen molar-refractivity contribution in [2.75, 3.05) is 27.2 Å². The first-order valence-corrected chi connectivity index (χ1v) is 9.03. The van der Waals surface area contributed by atoms with E-state index in [9.17, 15) is 9.59 Å². The smallest absolute Gasteiger partial charge is 0.256 e. The third-order valence-electron chi connectivity index (χ3n) is 4.90. The molecule has 0 aliphatic heterocycles. The summed E-state index contributed by atoms with van der Waals surface area (Å²) >= 11 is 0. The quantitative estimate of drug-likeness (QED) is 0.726. The zero-order valence-corrected chi connectivity index (χ0v) is 16.0. The lowest BCUT2D eigenvalue weighted by Crippen LogP contribution is -2.40. The second kappa shape index (κ2) is 9.22. The summed E-state index contributed by atoms with van der Waals surface area (Å²) in [6.07, 6.45) is 3.84. The van der Waals surface area contributed by atoms with Gasteiger partial charge in [0.1, 0.15) is 6.26 Å². The molecule has 0 saturated heterocycles. The van der Waals surface area contributed by atoms with Crippen LogP contribution in [0.1, 0.15) is 42.1 Å². The third-order valence-corrected chi connectivity index (χ3v) is 4.90. The average Bonchev–Trinajstić information content (AvgIpc) is 3.20. The maximum atomic E-state index is 13.1. The number of carbonyl (C=O) groups is 2. The fourth-order valence-corrected chi connectivity index (χ4v) is 2.97. The zero-order valence-electron chi connectivity index (χ0n) is 16.0. The van der Waals surface area contributed by atoms with Crippen LogP contribution in [0.5, 0.6) is 0 Å². The maximum absolute atomic E-state index is 13.1. The van der Waals surface area contributed by atoms with Crippen molar-refractivity contribution >= 4 is 11.8 Å². The van der Waals surface area contributed by atoms with Crippen molar-refractivity contribution in [3.05, 3.63) is 60.1 Å². The summed E-state index contributed by atoms with van der Waals surface area (Å²) in [5, 5.41) is 0. The molecule has 5 heteroatoms. The predicted molar refractivity (Wildman–Crippen MR) is 102 cm³/mol. The molecule has 26 heavy (non-hydrogen) atoms. The SMILES string of the molecule is CCC(C)C(C(=O)N(C)CCN(C)C(=O)c1ccoc1)c1ccccc1. The van der Waals surface area contributed by atoms with Gasteiger partial charge in [0.25, 0.3) is 5.91 Å². The fraction of sp³-hybridized carbons (Fsp3) is 0.429. The van der Waals surface area contributed by atoms with Crippen LogP contribution < -0.4 is 0 Å². The Balaban J connectivity index is 2.01. The molecule has 2 aromatic rings. The molecule has 140 valence electrons. The molecule has 2 rings (SSSR count). The molecule has 1 aromatic heterocycles. The Bertz CT molecular complexity index is 697. The molecule has 0 radical (unpaired) electrons. The van der Waals surface area contributed by atoms with Gasteiger partial charge in [0.2, 0.25) is 5.91 Å². The van der Waals surface area contributed by atoms with Crippen molar-refractivity contribution in [2.24, 2.45) is 5.92 Å². The van der Waals surface area contributed by atoms with Gasteiger partial charge in [-0.1, -0.05) is 50.6 Å². The van der Waals surface area contributed by atoms with Gasteiger partial charge in [-0.05, 0) is 17.5 Å². The third kappa shape index (κ3) is 4.75. The van der Waals surface area contributed by atoms with Crippen LogP contribution in [0.15, 0.2) is 53.3 Å². The van der Waals surface area contributed by atoms with E-state index in [1.165, 1.54) is 12.5 Å². The van der Waals surface area contributed by atoms with Gasteiger partial charge in [-0.3, -0.25) is 9.59 Å². The number of furan rings is 1. The zero-order chi connectivity index (χ0) is 19.1. The summed E-state index contributed by atoms with van der Waals surface area (Å²) in [6.45, 7) is 5.16. The summed E-state index contributed by atoms with van der Waals surface area (Å²) in [7, 11) is 3.54. The summed E-state index contributed by atoms with van der Waals surface area (Å²) < 4.78 is 4.96. The van der Waals surface area contributed by atoms with E-state index in [0.717, 1.165) is 12.0 Å². The van der Waals surface area contributed by atoms with Crippen LogP contribution in [0.25, 0.3) is 0 Å². The second-order valence-electron chi connectivity index (χ2n) is 6.77. The van der Waals surface area contributed by atoms with Gasteiger partial charge >= 0.3 is 0 Å². The Kier molecular flexibility index (Phi) is 7.01. The molecular weight excluding hydrogens is 328 g/mol. The van der Waals surface area contributed by atoms with E-state index < -0.39 is 0 Å². The molecule has 1 heterocycles. The van der Waals surface area contributed by atoms with Crippen molar-refractivity contribution in [1.29, 1.82) is 0 Å². The van der Waals surface area contributed by atoms with Crippen LogP contribution in [0.3, 0.4) is 0 Å². The number of benzene rings is 1. The number of nitrogens with zero attached hydrogens (tertiary/aromatic N) is 2. The lowest BCUT2D eigenvalue weighted by Gasteiger charge is -2.29. The Morgan fingerprint density at radius 2 is 1.69 bits per heavy atom. The number of amides is 2. The van der Waals surface area contributed by atoms with Gasteiger partial charge in [0, 0.05) is 27.2 Å². The van der Waals surface area contributed by atoms with E-state index in [-0.39, 0.29) is 23.7 Å². The Hall–Kier alpha value is -2.56. The lowest BCUT2D eigenvalue weighted by molar-refractivity contribution is -0.132. The molecule has 1 aromatic carbocycles. The van der Waals surface area contributed by atoms with Gasteiger partial charge in [-0.25, -0.2) is 0 Å². The number of rotatable bonds is 8. The van der Waals surface area contributed by atoms with Crippen LogP contribution in [-0.2, 0) is 4.79 Å². The van der Waals surface area contributed by atoms with Crippen molar-refractivity contribution in [1.82, 2.24) is 9.80 Å². The molecule has 2 atom stereocenters. The first-order chi connectivity index (χ1) is 12.5. The Labute approximate surface area is 155 Å². The maximum Gasteiger partial charge on any atom is 0.256 e. The molecule has 0 bridgehead atoms. The number of carbonyl (C=O) groups excluding carboxylic acids is 2. The van der Waals surface area contributed by atoms with Crippen LogP contribution in [-0.4, -0.2) is 48.8 Å². The predicted octanol–water partition coefficient (Wildman–Crippen LogP) is 3.64. The van der Waals surface area contributed by atoms with Crippen LogP contribution >= 0.6 is 0 Å². The van der Waals surface area contributed by atoms with E-state index >= 15 is 0 Å². The molecule has 0 N–H and O–H groups in total. The highest BCUT2D eigenvalue weighted by Gasteiger charge is 2.28. The van der Waals surface area contributed by atoms with E-state index in [2.05, 4.69) is 13.8 Å². The molecule has 0 spiro atoms. The largest absolute Gasteiger partial charge is 0.472 e. The minimum Gasteiger partial charge on any atom is -0.472 e. The average molecular weight is 356 g/mol. The molecule has 0 fully saturated rings. The van der Waals surface area contributed by atoms with Gasteiger partial charge in [0.05, 0.1) is 17.7 Å². The normalized spacial score (nSPS) is 13.1. The first kappa shape index (κ1) is 19.8. The molecule has 0 saturated carbocycles. The molecule has 0 aliphatic carbocycles. The van der Waals surface area contributed by atoms with E-state index in [1.807, 2.05) is 30.3 Å². The van der Waals surface area contributed by atoms with Crippen molar-refractivity contribution < 1.29 is 14.0 Å². The summed E-state index contributed by atoms with van der Waals surface area (Å²) in [6, 6.07) is 11.6. The highest BCUT2D eigenvalue weighted by Crippen LogP contribution is 2.28. The van der Waals surface area contributed by atoms with Crippen LogP contribution in [0, 0.1) is 5.92 Å². The van der Waals surface area contributed by atoms with Crippen molar-refractivity contribution in [3.8, 4) is 0 Å². The molecule has 2 unspecified atom stereocenters. The topological polar surface area (TPSA) is 53.8 Å². The standard InChI is InChI=1S/C21H28N2O3/c1-5-16(2)19(17-9-7-6-8-10-17)21(25)23(4)13-12-22(3)20(24)18-11-14-26-15-18/h6-11,14-16,19H,5,12-13H2,1-4H3. The number of hydrogen-bond acceptors (Lipinski definition) is 3. The summed E-state index contributed by atoms with van der Waals surface area (Å²) in [4.78, 5) is 28.7. The Morgan fingerprint density at radius 1 is 1.04 bits per heavy atom. The van der Waals surface area contributed by atoms with Gasteiger partial charge in [-0.15, -0.1) is 0 Å². The minimum atomic E-state index is -0.166. The molecule has 2 amide bonds.